The molecular formula is C19H26N4O2S. The van der Waals surface area contributed by atoms with Crippen LogP contribution in [0, 0.1) is 13.8 Å². The van der Waals surface area contributed by atoms with Crippen LogP contribution in [0.3, 0.4) is 0 Å². The van der Waals surface area contributed by atoms with Crippen LogP contribution in [0.15, 0.2) is 46.3 Å². The second-order valence-corrected chi connectivity index (χ2v) is 8.18. The van der Waals surface area contributed by atoms with Gasteiger partial charge in [-0.2, -0.15) is 0 Å². The zero-order chi connectivity index (χ0) is 19.2. The molecule has 0 aliphatic carbocycles. The number of nitrogens with zero attached hydrogens (tertiary/aromatic N) is 2. The van der Waals surface area contributed by atoms with Gasteiger partial charge in [-0.25, -0.2) is 13.4 Å². The van der Waals surface area contributed by atoms with Crippen LogP contribution in [-0.4, -0.2) is 32.2 Å². The Hall–Kier alpha value is -2.41. The van der Waals surface area contributed by atoms with Crippen LogP contribution in [0.25, 0.3) is 0 Å². The summed E-state index contributed by atoms with van der Waals surface area (Å²) in [5.41, 5.74) is 3.62. The third kappa shape index (κ3) is 5.84. The quantitative estimate of drug-likeness (QED) is 0.599. The van der Waals surface area contributed by atoms with Crippen molar-refractivity contribution >= 4 is 15.8 Å². The van der Waals surface area contributed by atoms with Gasteiger partial charge in [0, 0.05) is 18.5 Å². The molecule has 0 atom stereocenters. The molecule has 7 heteroatoms. The molecule has 1 heterocycles. The number of benzene rings is 1. The van der Waals surface area contributed by atoms with E-state index in [2.05, 4.69) is 20.6 Å². The van der Waals surface area contributed by atoms with Gasteiger partial charge in [0.15, 0.2) is 15.8 Å². The Morgan fingerprint density at radius 2 is 1.92 bits per heavy atom. The number of nitrogens with one attached hydrogen (secondary N) is 2. The Bertz CT molecular complexity index is 892. The van der Waals surface area contributed by atoms with Crippen LogP contribution in [0.4, 0.5) is 0 Å². The predicted octanol–water partition coefficient (Wildman–Crippen LogP) is 2.36. The van der Waals surface area contributed by atoms with E-state index in [0.29, 0.717) is 23.9 Å². The van der Waals surface area contributed by atoms with Crippen molar-refractivity contribution in [3.63, 3.8) is 0 Å². The minimum absolute atomic E-state index is 0.362. The van der Waals surface area contributed by atoms with E-state index in [1.807, 2.05) is 38.1 Å². The van der Waals surface area contributed by atoms with Crippen molar-refractivity contribution < 1.29 is 8.42 Å². The van der Waals surface area contributed by atoms with E-state index in [-0.39, 0.29) is 0 Å². The molecule has 0 aliphatic rings. The molecule has 0 aliphatic heterocycles. The number of hydrogen-bond donors (Lipinski definition) is 2. The number of guanidine groups is 1. The van der Waals surface area contributed by atoms with E-state index in [9.17, 15) is 8.42 Å². The van der Waals surface area contributed by atoms with E-state index in [1.54, 1.807) is 19.1 Å². The van der Waals surface area contributed by atoms with Crippen molar-refractivity contribution in [3.05, 3.63) is 58.9 Å². The van der Waals surface area contributed by atoms with E-state index < -0.39 is 9.84 Å². The van der Waals surface area contributed by atoms with Crippen LogP contribution in [0.1, 0.15) is 29.4 Å². The molecule has 1 aromatic heterocycles. The zero-order valence-corrected chi connectivity index (χ0v) is 16.5. The highest BCUT2D eigenvalue weighted by Gasteiger charge is 2.10. The first-order chi connectivity index (χ1) is 12.3. The predicted molar refractivity (Wildman–Crippen MR) is 105 cm³/mol. The third-order valence-corrected chi connectivity index (χ3v) is 5.04. The van der Waals surface area contributed by atoms with Gasteiger partial charge in [-0.05, 0) is 50.1 Å². The zero-order valence-electron chi connectivity index (χ0n) is 15.7. The summed E-state index contributed by atoms with van der Waals surface area (Å²) in [7, 11) is -3.20. The summed E-state index contributed by atoms with van der Waals surface area (Å²) in [6.07, 6.45) is 1.22. The average molecular weight is 375 g/mol. The molecule has 2 aromatic rings. The Morgan fingerprint density at radius 1 is 1.15 bits per heavy atom. The fourth-order valence-electron chi connectivity index (χ4n) is 2.61. The van der Waals surface area contributed by atoms with Crippen LogP contribution in [-0.2, 0) is 22.9 Å². The summed E-state index contributed by atoms with van der Waals surface area (Å²) in [6.45, 7) is 7.56. The maximum Gasteiger partial charge on any atom is 0.191 e. The standard InChI is InChI=1S/C19H26N4O2S/c1-5-20-19(22-13-17-8-6-7-15(3)23-17)21-12-16-9-10-18(14(2)11-16)26(4,24)25/h6-11H,5,12-13H2,1-4H3,(H2,20,21,22). The molecule has 140 valence electrons. The second kappa shape index (κ2) is 8.80. The van der Waals surface area contributed by atoms with Gasteiger partial charge in [0.1, 0.15) is 0 Å². The Balaban J connectivity index is 2.07. The molecule has 2 N–H and O–H groups in total. The number of aliphatic imine (C=N–C) groups is 1. The largest absolute Gasteiger partial charge is 0.357 e. The molecule has 0 bridgehead atoms. The second-order valence-electron chi connectivity index (χ2n) is 6.19. The highest BCUT2D eigenvalue weighted by molar-refractivity contribution is 7.90. The fraction of sp³-hybridized carbons (Fsp3) is 0.368. The monoisotopic (exact) mass is 374 g/mol. The minimum atomic E-state index is -3.20. The summed E-state index contributed by atoms with van der Waals surface area (Å²) >= 11 is 0. The Labute approximate surface area is 155 Å². The van der Waals surface area contributed by atoms with Gasteiger partial charge < -0.3 is 10.6 Å². The highest BCUT2D eigenvalue weighted by Crippen LogP contribution is 2.17. The van der Waals surface area contributed by atoms with Gasteiger partial charge in [-0.15, -0.1) is 0 Å². The van der Waals surface area contributed by atoms with Gasteiger partial charge in [-0.3, -0.25) is 4.98 Å². The van der Waals surface area contributed by atoms with E-state index >= 15 is 0 Å². The van der Waals surface area contributed by atoms with Gasteiger partial charge in [0.25, 0.3) is 0 Å². The lowest BCUT2D eigenvalue weighted by atomic mass is 10.1. The van der Waals surface area contributed by atoms with Gasteiger partial charge in [-0.1, -0.05) is 18.2 Å². The number of sulfone groups is 1. The first-order valence-corrected chi connectivity index (χ1v) is 10.4. The average Bonchev–Trinajstić information content (AvgIpc) is 2.56. The molecule has 0 saturated heterocycles. The first-order valence-electron chi connectivity index (χ1n) is 8.54. The molecule has 0 unspecified atom stereocenters. The third-order valence-electron chi connectivity index (χ3n) is 3.79. The summed E-state index contributed by atoms with van der Waals surface area (Å²) in [6, 6.07) is 11.2. The number of pyridine rings is 1. The van der Waals surface area contributed by atoms with E-state index in [4.69, 9.17) is 0 Å². The minimum Gasteiger partial charge on any atom is -0.357 e. The van der Waals surface area contributed by atoms with Gasteiger partial charge in [0.05, 0.1) is 23.7 Å². The number of rotatable bonds is 6. The van der Waals surface area contributed by atoms with Crippen molar-refractivity contribution in [2.75, 3.05) is 12.8 Å². The topological polar surface area (TPSA) is 83.5 Å². The van der Waals surface area contributed by atoms with Crippen molar-refractivity contribution in [1.82, 2.24) is 15.6 Å². The molecule has 2 rings (SSSR count). The van der Waals surface area contributed by atoms with Crippen LogP contribution in [0.2, 0.25) is 0 Å². The molecular weight excluding hydrogens is 348 g/mol. The fourth-order valence-corrected chi connectivity index (χ4v) is 3.57. The smallest absolute Gasteiger partial charge is 0.191 e. The SMILES string of the molecule is CCNC(=NCc1ccc(S(C)(=O)=O)c(C)c1)NCc1cccc(C)n1. The Kier molecular flexibility index (Phi) is 6.74. The van der Waals surface area contributed by atoms with Crippen molar-refractivity contribution in [2.24, 2.45) is 4.99 Å². The lowest BCUT2D eigenvalue weighted by Gasteiger charge is -2.12. The summed E-state index contributed by atoms with van der Waals surface area (Å²) in [5, 5.41) is 6.47. The van der Waals surface area contributed by atoms with Crippen molar-refractivity contribution in [3.8, 4) is 0 Å². The summed E-state index contributed by atoms with van der Waals surface area (Å²) in [5.74, 6) is 0.695. The van der Waals surface area contributed by atoms with E-state index in [0.717, 1.165) is 29.1 Å². The van der Waals surface area contributed by atoms with Crippen molar-refractivity contribution in [2.45, 2.75) is 38.8 Å². The summed E-state index contributed by atoms with van der Waals surface area (Å²) in [4.78, 5) is 9.40. The molecule has 0 amide bonds. The molecule has 26 heavy (non-hydrogen) atoms. The molecule has 1 aromatic carbocycles. The normalized spacial score (nSPS) is 12.1. The number of aromatic nitrogens is 1. The lowest BCUT2D eigenvalue weighted by molar-refractivity contribution is 0.601. The Morgan fingerprint density at radius 3 is 2.54 bits per heavy atom. The molecule has 0 fully saturated rings. The molecule has 0 saturated carbocycles. The molecule has 6 nitrogen and oxygen atoms in total. The molecule has 0 spiro atoms. The lowest BCUT2D eigenvalue weighted by Crippen LogP contribution is -2.37. The molecule has 0 radical (unpaired) electrons. The van der Waals surface area contributed by atoms with Crippen LogP contribution < -0.4 is 10.6 Å². The van der Waals surface area contributed by atoms with Crippen LogP contribution in [0.5, 0.6) is 0 Å². The van der Waals surface area contributed by atoms with E-state index in [1.165, 1.54) is 6.26 Å². The van der Waals surface area contributed by atoms with Crippen LogP contribution >= 0.6 is 0 Å². The van der Waals surface area contributed by atoms with Crippen molar-refractivity contribution in [1.29, 1.82) is 0 Å². The first kappa shape index (κ1) is 19.9. The number of hydrogen-bond acceptors (Lipinski definition) is 4. The summed E-state index contributed by atoms with van der Waals surface area (Å²) < 4.78 is 23.4. The van der Waals surface area contributed by atoms with Gasteiger partial charge in [0.2, 0.25) is 0 Å². The highest BCUT2D eigenvalue weighted by atomic mass is 32.2. The maximum atomic E-state index is 11.7. The van der Waals surface area contributed by atoms with Gasteiger partial charge >= 0.3 is 0 Å². The maximum absolute atomic E-state index is 11.7. The number of aryl methyl sites for hydroxylation is 2.